The minimum atomic E-state index is -0.314. The number of benzene rings is 2. The van der Waals surface area contributed by atoms with Crippen LogP contribution in [-0.2, 0) is 4.74 Å². The van der Waals surface area contributed by atoms with Gasteiger partial charge >= 0.3 is 0 Å². The first-order valence-electron chi connectivity index (χ1n) is 10.6. The van der Waals surface area contributed by atoms with Gasteiger partial charge in [-0.25, -0.2) is 9.37 Å². The lowest BCUT2D eigenvalue weighted by molar-refractivity contribution is 0.0376. The predicted molar refractivity (Wildman–Crippen MR) is 123 cm³/mol. The van der Waals surface area contributed by atoms with Crippen molar-refractivity contribution in [1.82, 2.24) is 19.9 Å². The Kier molecular flexibility index (Phi) is 6.02. The lowest BCUT2D eigenvalue weighted by Gasteiger charge is -2.27. The molecule has 0 N–H and O–H groups in total. The van der Waals surface area contributed by atoms with Gasteiger partial charge in [-0.3, -0.25) is 24.6 Å². The third-order valence-electron chi connectivity index (χ3n) is 5.49. The maximum absolute atomic E-state index is 13.7. The van der Waals surface area contributed by atoms with Crippen molar-refractivity contribution in [3.05, 3.63) is 60.2 Å². The molecule has 1 aliphatic rings. The summed E-state index contributed by atoms with van der Waals surface area (Å²) in [6, 6.07) is 9.81. The van der Waals surface area contributed by atoms with Crippen molar-refractivity contribution in [2.45, 2.75) is 6.42 Å². The number of fused-ring (bicyclic) bond motifs is 2. The fourth-order valence-corrected chi connectivity index (χ4v) is 4.83. The molecule has 2 aromatic carbocycles. The second-order valence-electron chi connectivity index (χ2n) is 7.63. The molecule has 0 saturated carbocycles. The number of anilines is 1. The van der Waals surface area contributed by atoms with Crippen LogP contribution in [0.2, 0.25) is 0 Å². The molecule has 9 heteroatoms. The minimum Gasteiger partial charge on any atom is -0.379 e. The summed E-state index contributed by atoms with van der Waals surface area (Å²) in [5.41, 5.74) is 2.60. The molecule has 5 rings (SSSR count). The standard InChI is InChI=1S/C23H22FN5O2S/c24-17-3-5-19-21(15-17)32-23(27-19)29(9-1-8-28-10-12-31-13-11-28)22(30)16-2-4-18-20(14-16)26-7-6-25-18/h2-7,14-15H,1,8-13H2. The molecule has 164 valence electrons. The summed E-state index contributed by atoms with van der Waals surface area (Å²) in [6.07, 6.45) is 4.03. The number of carbonyl (C=O) groups excluding carboxylic acids is 1. The molecule has 7 nitrogen and oxygen atoms in total. The van der Waals surface area contributed by atoms with Crippen LogP contribution in [0.25, 0.3) is 21.3 Å². The van der Waals surface area contributed by atoms with E-state index in [1.165, 1.54) is 23.5 Å². The summed E-state index contributed by atoms with van der Waals surface area (Å²) >= 11 is 1.32. The van der Waals surface area contributed by atoms with Gasteiger partial charge in [0.2, 0.25) is 0 Å². The van der Waals surface area contributed by atoms with Crippen LogP contribution in [-0.4, -0.2) is 65.2 Å². The minimum absolute atomic E-state index is 0.154. The van der Waals surface area contributed by atoms with E-state index in [0.717, 1.165) is 49.5 Å². The van der Waals surface area contributed by atoms with E-state index in [2.05, 4.69) is 19.9 Å². The average Bonchev–Trinajstić information content (AvgIpc) is 3.24. The molecule has 4 aromatic rings. The Morgan fingerprint density at radius 2 is 1.84 bits per heavy atom. The molecule has 0 spiro atoms. The van der Waals surface area contributed by atoms with Gasteiger partial charge in [-0.1, -0.05) is 11.3 Å². The van der Waals surface area contributed by atoms with E-state index in [9.17, 15) is 9.18 Å². The normalized spacial score (nSPS) is 14.8. The van der Waals surface area contributed by atoms with Gasteiger partial charge in [-0.15, -0.1) is 0 Å². The number of halogens is 1. The van der Waals surface area contributed by atoms with Gasteiger partial charge in [0, 0.05) is 44.1 Å². The number of carbonyl (C=O) groups is 1. The molecule has 1 saturated heterocycles. The van der Waals surface area contributed by atoms with E-state index in [0.29, 0.717) is 28.3 Å². The molecular formula is C23H22FN5O2S. The smallest absolute Gasteiger partial charge is 0.260 e. The van der Waals surface area contributed by atoms with Crippen LogP contribution < -0.4 is 4.90 Å². The number of amides is 1. The van der Waals surface area contributed by atoms with E-state index in [4.69, 9.17) is 4.74 Å². The molecular weight excluding hydrogens is 429 g/mol. The average molecular weight is 452 g/mol. The summed E-state index contributed by atoms with van der Waals surface area (Å²) in [6.45, 7) is 4.66. The van der Waals surface area contributed by atoms with Crippen molar-refractivity contribution in [2.24, 2.45) is 0 Å². The zero-order valence-corrected chi connectivity index (χ0v) is 18.2. The first kappa shape index (κ1) is 20.9. The van der Waals surface area contributed by atoms with Gasteiger partial charge in [0.15, 0.2) is 5.13 Å². The molecule has 1 fully saturated rings. The topological polar surface area (TPSA) is 71.5 Å². The monoisotopic (exact) mass is 451 g/mol. The second kappa shape index (κ2) is 9.23. The van der Waals surface area contributed by atoms with Gasteiger partial charge in [0.05, 0.1) is 34.5 Å². The van der Waals surface area contributed by atoms with Gasteiger partial charge < -0.3 is 4.74 Å². The zero-order valence-electron chi connectivity index (χ0n) is 17.4. The second-order valence-corrected chi connectivity index (χ2v) is 8.64. The van der Waals surface area contributed by atoms with E-state index in [1.807, 2.05) is 0 Å². The molecule has 0 unspecified atom stereocenters. The largest absolute Gasteiger partial charge is 0.379 e. The van der Waals surface area contributed by atoms with Crippen molar-refractivity contribution in [1.29, 1.82) is 0 Å². The number of thiazole rings is 1. The van der Waals surface area contributed by atoms with Crippen LogP contribution in [0.1, 0.15) is 16.8 Å². The van der Waals surface area contributed by atoms with Crippen molar-refractivity contribution in [3.8, 4) is 0 Å². The van der Waals surface area contributed by atoms with Crippen LogP contribution in [0.5, 0.6) is 0 Å². The van der Waals surface area contributed by atoms with E-state index < -0.39 is 0 Å². The molecule has 0 aliphatic carbocycles. The van der Waals surface area contributed by atoms with Crippen LogP contribution in [0, 0.1) is 5.82 Å². The fraction of sp³-hybridized carbons (Fsp3) is 0.304. The Labute approximate surface area is 188 Å². The van der Waals surface area contributed by atoms with Gasteiger partial charge in [0.25, 0.3) is 5.91 Å². The highest BCUT2D eigenvalue weighted by molar-refractivity contribution is 7.22. The number of hydrogen-bond donors (Lipinski definition) is 0. The maximum Gasteiger partial charge on any atom is 0.260 e. The molecule has 32 heavy (non-hydrogen) atoms. The predicted octanol–water partition coefficient (Wildman–Crippen LogP) is 3.75. The SMILES string of the molecule is O=C(c1ccc2nccnc2c1)N(CCCN1CCOCC1)c1nc2ccc(F)cc2s1. The molecule has 2 aromatic heterocycles. The Hall–Kier alpha value is -3.01. The van der Waals surface area contributed by atoms with E-state index in [-0.39, 0.29) is 11.7 Å². The number of ether oxygens (including phenoxy) is 1. The lowest BCUT2D eigenvalue weighted by atomic mass is 10.1. The van der Waals surface area contributed by atoms with Crippen molar-refractivity contribution in [3.63, 3.8) is 0 Å². The third-order valence-corrected chi connectivity index (χ3v) is 6.53. The fourth-order valence-electron chi connectivity index (χ4n) is 3.82. The highest BCUT2D eigenvalue weighted by Gasteiger charge is 2.22. The summed E-state index contributed by atoms with van der Waals surface area (Å²) in [7, 11) is 0. The summed E-state index contributed by atoms with van der Waals surface area (Å²) in [4.78, 5) is 30.8. The van der Waals surface area contributed by atoms with E-state index >= 15 is 0 Å². The van der Waals surface area contributed by atoms with Crippen molar-refractivity contribution in [2.75, 3.05) is 44.3 Å². The molecule has 0 bridgehead atoms. The molecule has 0 atom stereocenters. The van der Waals surface area contributed by atoms with Crippen LogP contribution in [0.4, 0.5) is 9.52 Å². The van der Waals surface area contributed by atoms with Crippen LogP contribution in [0.15, 0.2) is 48.8 Å². The summed E-state index contributed by atoms with van der Waals surface area (Å²) in [5, 5.41) is 0.567. The number of hydrogen-bond acceptors (Lipinski definition) is 7. The van der Waals surface area contributed by atoms with Crippen LogP contribution >= 0.6 is 11.3 Å². The Morgan fingerprint density at radius 3 is 2.69 bits per heavy atom. The number of aromatic nitrogens is 3. The number of rotatable bonds is 6. The van der Waals surface area contributed by atoms with Gasteiger partial charge in [-0.05, 0) is 42.8 Å². The quantitative estimate of drug-likeness (QED) is 0.445. The third kappa shape index (κ3) is 4.45. The highest BCUT2D eigenvalue weighted by atomic mass is 32.1. The molecule has 1 aliphatic heterocycles. The number of morpholine rings is 1. The first-order chi connectivity index (χ1) is 15.7. The van der Waals surface area contributed by atoms with Crippen molar-refractivity contribution >= 4 is 43.6 Å². The van der Waals surface area contributed by atoms with Crippen LogP contribution in [0.3, 0.4) is 0 Å². The van der Waals surface area contributed by atoms with Crippen molar-refractivity contribution < 1.29 is 13.9 Å². The summed E-state index contributed by atoms with van der Waals surface area (Å²) in [5.74, 6) is -0.468. The van der Waals surface area contributed by atoms with Gasteiger partial charge in [0.1, 0.15) is 5.82 Å². The molecule has 1 amide bonds. The summed E-state index contributed by atoms with van der Waals surface area (Å²) < 4.78 is 19.8. The molecule has 0 radical (unpaired) electrons. The molecule has 3 heterocycles. The maximum atomic E-state index is 13.7. The lowest BCUT2D eigenvalue weighted by Crippen LogP contribution is -2.39. The zero-order chi connectivity index (χ0) is 21.9. The highest BCUT2D eigenvalue weighted by Crippen LogP contribution is 2.30. The van der Waals surface area contributed by atoms with E-state index in [1.54, 1.807) is 41.6 Å². The Balaban J connectivity index is 1.43. The Bertz CT molecular complexity index is 1260. The Morgan fingerprint density at radius 1 is 1.06 bits per heavy atom. The van der Waals surface area contributed by atoms with Gasteiger partial charge in [-0.2, -0.15) is 0 Å². The number of nitrogens with zero attached hydrogens (tertiary/aromatic N) is 5. The first-order valence-corrected chi connectivity index (χ1v) is 11.4.